The maximum atomic E-state index is 10.6. The first-order valence-electron chi connectivity index (χ1n) is 5.52. The average Bonchev–Trinajstić information content (AvgIpc) is 3.07. The number of hydrogen-bond acceptors (Lipinski definition) is 5. The minimum atomic E-state index is -0.442. The highest BCUT2D eigenvalue weighted by Gasteiger charge is 2.41. The number of pyridine rings is 1. The molecule has 1 fully saturated rings. The second-order valence-corrected chi connectivity index (χ2v) is 4.62. The number of anilines is 1. The number of aliphatic hydroxyl groups is 1. The van der Waals surface area contributed by atoms with Crippen LogP contribution >= 0.6 is 0 Å². The third kappa shape index (κ3) is 2.52. The smallest absolute Gasteiger partial charge is 0.290 e. The largest absolute Gasteiger partial charge is 0.396 e. The lowest BCUT2D eigenvalue weighted by Crippen LogP contribution is -2.19. The lowest BCUT2D eigenvalue weighted by atomic mass is 10.1. The molecule has 2 N–H and O–H groups in total. The maximum Gasteiger partial charge on any atom is 0.290 e. The van der Waals surface area contributed by atoms with Crippen molar-refractivity contribution in [3.05, 3.63) is 27.9 Å². The Hall–Kier alpha value is -1.69. The topological polar surface area (TPSA) is 88.3 Å². The summed E-state index contributed by atoms with van der Waals surface area (Å²) >= 11 is 0. The zero-order valence-electron chi connectivity index (χ0n) is 9.64. The molecule has 1 saturated carbocycles. The molecular weight excluding hydrogens is 222 g/mol. The molecule has 92 valence electrons. The van der Waals surface area contributed by atoms with Gasteiger partial charge in [0.1, 0.15) is 12.0 Å². The van der Waals surface area contributed by atoms with Gasteiger partial charge in [-0.05, 0) is 25.8 Å². The molecule has 1 aliphatic rings. The Morgan fingerprint density at radius 3 is 2.82 bits per heavy atom. The summed E-state index contributed by atoms with van der Waals surface area (Å²) in [4.78, 5) is 14.2. The maximum absolute atomic E-state index is 10.6. The van der Waals surface area contributed by atoms with Crippen molar-refractivity contribution in [3.63, 3.8) is 0 Å². The summed E-state index contributed by atoms with van der Waals surface area (Å²) < 4.78 is 0. The molecule has 1 aliphatic carbocycles. The zero-order chi connectivity index (χ0) is 12.5. The number of hydrogen-bond donors (Lipinski definition) is 2. The molecule has 0 unspecified atom stereocenters. The zero-order valence-corrected chi connectivity index (χ0v) is 9.64. The van der Waals surface area contributed by atoms with Gasteiger partial charge in [-0.15, -0.1) is 0 Å². The Morgan fingerprint density at radius 2 is 2.35 bits per heavy atom. The van der Waals surface area contributed by atoms with E-state index in [1.54, 1.807) is 13.0 Å². The van der Waals surface area contributed by atoms with Crippen LogP contribution in [-0.2, 0) is 0 Å². The summed E-state index contributed by atoms with van der Waals surface area (Å²) in [7, 11) is 0. The van der Waals surface area contributed by atoms with Crippen molar-refractivity contribution in [2.45, 2.75) is 19.8 Å². The van der Waals surface area contributed by atoms with Crippen LogP contribution in [0.1, 0.15) is 18.4 Å². The second kappa shape index (κ2) is 4.29. The van der Waals surface area contributed by atoms with Gasteiger partial charge < -0.3 is 10.4 Å². The SMILES string of the molecule is Cc1cc(NCC2(CO)CC2)ncc1[N+](=O)[O-]. The van der Waals surface area contributed by atoms with Gasteiger partial charge in [0.05, 0.1) is 11.5 Å². The number of aliphatic hydroxyl groups excluding tert-OH is 1. The van der Waals surface area contributed by atoms with E-state index in [0.717, 1.165) is 12.8 Å². The molecule has 1 heterocycles. The van der Waals surface area contributed by atoms with Crippen LogP contribution in [0.5, 0.6) is 0 Å². The standard InChI is InChI=1S/C11H15N3O3/c1-8-4-10(12-5-9(8)14(16)17)13-6-11(7-15)2-3-11/h4-5,15H,2-3,6-7H2,1H3,(H,12,13). The van der Waals surface area contributed by atoms with Crippen molar-refractivity contribution < 1.29 is 10.0 Å². The fraction of sp³-hybridized carbons (Fsp3) is 0.545. The van der Waals surface area contributed by atoms with E-state index in [-0.39, 0.29) is 17.7 Å². The Bertz CT molecular complexity index is 444. The van der Waals surface area contributed by atoms with Crippen molar-refractivity contribution in [2.24, 2.45) is 5.41 Å². The fourth-order valence-electron chi connectivity index (χ4n) is 1.68. The normalized spacial score (nSPS) is 16.6. The molecule has 1 aromatic heterocycles. The van der Waals surface area contributed by atoms with E-state index >= 15 is 0 Å². The molecule has 0 atom stereocenters. The molecule has 17 heavy (non-hydrogen) atoms. The van der Waals surface area contributed by atoms with Gasteiger partial charge in [0, 0.05) is 17.5 Å². The molecule has 0 spiro atoms. The summed E-state index contributed by atoms with van der Waals surface area (Å²) in [6, 6.07) is 1.66. The minimum Gasteiger partial charge on any atom is -0.396 e. The van der Waals surface area contributed by atoms with Gasteiger partial charge >= 0.3 is 0 Å². The van der Waals surface area contributed by atoms with Gasteiger partial charge in [0.2, 0.25) is 0 Å². The van der Waals surface area contributed by atoms with Crippen LogP contribution in [0.4, 0.5) is 11.5 Å². The predicted octanol–water partition coefficient (Wildman–Crippen LogP) is 1.48. The Labute approximate surface area is 98.8 Å². The molecule has 0 saturated heterocycles. The monoisotopic (exact) mass is 237 g/mol. The van der Waals surface area contributed by atoms with E-state index in [4.69, 9.17) is 5.11 Å². The van der Waals surface area contributed by atoms with E-state index in [1.807, 2.05) is 0 Å². The molecule has 0 amide bonds. The number of aromatic nitrogens is 1. The highest BCUT2D eigenvalue weighted by molar-refractivity contribution is 5.47. The predicted molar refractivity (Wildman–Crippen MR) is 62.9 cm³/mol. The molecule has 2 rings (SSSR count). The second-order valence-electron chi connectivity index (χ2n) is 4.62. The summed E-state index contributed by atoms with van der Waals surface area (Å²) in [5.41, 5.74) is 0.609. The first kappa shape index (κ1) is 11.8. The third-order valence-corrected chi connectivity index (χ3v) is 3.22. The quantitative estimate of drug-likeness (QED) is 0.598. The van der Waals surface area contributed by atoms with Crippen LogP contribution in [0.3, 0.4) is 0 Å². The number of nitrogens with zero attached hydrogens (tertiary/aromatic N) is 2. The molecule has 0 aliphatic heterocycles. The number of nitrogens with one attached hydrogen (secondary N) is 1. The number of aryl methyl sites for hydroxylation is 1. The molecule has 0 aromatic carbocycles. The van der Waals surface area contributed by atoms with Crippen LogP contribution in [0.2, 0.25) is 0 Å². The third-order valence-electron chi connectivity index (χ3n) is 3.22. The highest BCUT2D eigenvalue weighted by Crippen LogP contribution is 2.44. The molecule has 6 nitrogen and oxygen atoms in total. The van der Waals surface area contributed by atoms with E-state index in [0.29, 0.717) is 17.9 Å². The van der Waals surface area contributed by atoms with Crippen molar-refractivity contribution in [1.82, 2.24) is 4.98 Å². The van der Waals surface area contributed by atoms with Crippen LogP contribution < -0.4 is 5.32 Å². The Balaban J connectivity index is 2.03. The van der Waals surface area contributed by atoms with Crippen LogP contribution in [0, 0.1) is 22.5 Å². The molecule has 0 radical (unpaired) electrons. The lowest BCUT2D eigenvalue weighted by molar-refractivity contribution is -0.385. The summed E-state index contributed by atoms with van der Waals surface area (Å²) in [6.07, 6.45) is 3.29. The van der Waals surface area contributed by atoms with Crippen LogP contribution in [0.15, 0.2) is 12.3 Å². The van der Waals surface area contributed by atoms with E-state index in [9.17, 15) is 10.1 Å². The van der Waals surface area contributed by atoms with Crippen molar-refractivity contribution >= 4 is 11.5 Å². The fourth-order valence-corrected chi connectivity index (χ4v) is 1.68. The van der Waals surface area contributed by atoms with Gasteiger partial charge in [-0.1, -0.05) is 0 Å². The Morgan fingerprint density at radius 1 is 1.65 bits per heavy atom. The van der Waals surface area contributed by atoms with E-state index in [2.05, 4.69) is 10.3 Å². The van der Waals surface area contributed by atoms with Gasteiger partial charge in [-0.2, -0.15) is 0 Å². The van der Waals surface area contributed by atoms with Gasteiger partial charge in [0.15, 0.2) is 0 Å². The summed E-state index contributed by atoms with van der Waals surface area (Å²) in [5.74, 6) is 0.618. The van der Waals surface area contributed by atoms with Crippen LogP contribution in [0.25, 0.3) is 0 Å². The first-order valence-corrected chi connectivity index (χ1v) is 5.52. The van der Waals surface area contributed by atoms with Gasteiger partial charge in [0.25, 0.3) is 5.69 Å². The van der Waals surface area contributed by atoms with Crippen molar-refractivity contribution in [1.29, 1.82) is 0 Å². The number of rotatable bonds is 5. The molecule has 0 bridgehead atoms. The number of nitro groups is 1. The molecule has 1 aromatic rings. The Kier molecular flexibility index (Phi) is 2.97. The van der Waals surface area contributed by atoms with E-state index in [1.165, 1.54) is 6.20 Å². The highest BCUT2D eigenvalue weighted by atomic mass is 16.6. The summed E-state index contributed by atoms with van der Waals surface area (Å²) in [5, 5.41) is 22.9. The minimum absolute atomic E-state index is 0.00262. The average molecular weight is 237 g/mol. The molecular formula is C11H15N3O3. The van der Waals surface area contributed by atoms with Gasteiger partial charge in [-0.3, -0.25) is 10.1 Å². The van der Waals surface area contributed by atoms with Crippen LogP contribution in [-0.4, -0.2) is 28.2 Å². The van der Waals surface area contributed by atoms with Crippen molar-refractivity contribution in [3.8, 4) is 0 Å². The lowest BCUT2D eigenvalue weighted by Gasteiger charge is -2.13. The van der Waals surface area contributed by atoms with E-state index < -0.39 is 4.92 Å². The van der Waals surface area contributed by atoms with Crippen molar-refractivity contribution in [2.75, 3.05) is 18.5 Å². The van der Waals surface area contributed by atoms with Gasteiger partial charge in [-0.25, -0.2) is 4.98 Å². The first-order chi connectivity index (χ1) is 8.06. The molecule has 6 heteroatoms. The summed E-state index contributed by atoms with van der Waals surface area (Å²) in [6.45, 7) is 2.52.